The Morgan fingerprint density at radius 2 is 1.85 bits per heavy atom. The Bertz CT molecular complexity index is 909. The van der Waals surface area contributed by atoms with Crippen LogP contribution in [0.5, 0.6) is 5.75 Å². The van der Waals surface area contributed by atoms with Crippen molar-refractivity contribution in [2.75, 3.05) is 26.4 Å². The van der Waals surface area contributed by atoms with Gasteiger partial charge in [-0.2, -0.15) is 0 Å². The number of ether oxygens (including phenoxy) is 2. The van der Waals surface area contributed by atoms with Gasteiger partial charge < -0.3 is 14.7 Å². The lowest BCUT2D eigenvalue weighted by molar-refractivity contribution is -0.155. The van der Waals surface area contributed by atoms with Crippen molar-refractivity contribution in [2.45, 2.75) is 78.4 Å². The second-order valence-corrected chi connectivity index (χ2v) is 9.93. The third-order valence-electron chi connectivity index (χ3n) is 6.03. The fourth-order valence-corrected chi connectivity index (χ4v) is 4.97. The highest BCUT2D eigenvalue weighted by Crippen LogP contribution is 2.35. The fourth-order valence-electron chi connectivity index (χ4n) is 4.02. The number of aryl methyl sites for hydroxylation is 2. The molecule has 0 spiro atoms. The molecule has 0 amide bonds. The monoisotopic (exact) mass is 490 g/mol. The highest BCUT2D eigenvalue weighted by Gasteiger charge is 2.46. The Morgan fingerprint density at radius 1 is 1.12 bits per heavy atom. The van der Waals surface area contributed by atoms with Crippen LogP contribution in [0, 0.1) is 5.21 Å². The first kappa shape index (κ1) is 26.5. The van der Waals surface area contributed by atoms with Gasteiger partial charge in [0.1, 0.15) is 17.4 Å². The summed E-state index contributed by atoms with van der Waals surface area (Å²) in [5.41, 5.74) is 1.08. The molecule has 0 aliphatic carbocycles. The van der Waals surface area contributed by atoms with Crippen LogP contribution in [0.3, 0.4) is 0 Å². The number of hydrogen-bond acceptors (Lipinski definition) is 8. The van der Waals surface area contributed by atoms with E-state index < -0.39 is 16.8 Å². The van der Waals surface area contributed by atoms with E-state index in [0.717, 1.165) is 68.5 Å². The minimum absolute atomic E-state index is 0.209. The molecule has 1 aliphatic rings. The minimum atomic E-state index is -0.879. The van der Waals surface area contributed by atoms with Crippen molar-refractivity contribution in [3.63, 3.8) is 0 Å². The average Bonchev–Trinajstić information content (AvgIpc) is 3.44. The SMILES string of the molecule is CCCCc1nnc([N+]2([O-])CN(CCCC)CC2OC(=O)COc2ccccc2CCCC)s1. The molecule has 188 valence electrons. The van der Waals surface area contributed by atoms with Gasteiger partial charge in [0, 0.05) is 13.0 Å². The molecule has 1 aromatic heterocycles. The molecule has 8 nitrogen and oxygen atoms in total. The fraction of sp³-hybridized carbons (Fsp3) is 0.640. The van der Waals surface area contributed by atoms with Crippen LogP contribution in [0.1, 0.15) is 69.9 Å². The van der Waals surface area contributed by atoms with Gasteiger partial charge in [-0.1, -0.05) is 63.3 Å². The average molecular weight is 491 g/mol. The van der Waals surface area contributed by atoms with Gasteiger partial charge in [0.2, 0.25) is 0 Å². The van der Waals surface area contributed by atoms with Gasteiger partial charge in [0.25, 0.3) is 6.23 Å². The predicted molar refractivity (Wildman–Crippen MR) is 135 cm³/mol. The summed E-state index contributed by atoms with van der Waals surface area (Å²) in [6, 6.07) is 7.75. The summed E-state index contributed by atoms with van der Waals surface area (Å²) in [4.78, 5) is 14.8. The molecule has 34 heavy (non-hydrogen) atoms. The first-order valence-corrected chi connectivity index (χ1v) is 13.4. The summed E-state index contributed by atoms with van der Waals surface area (Å²) in [5.74, 6) is 0.151. The molecule has 2 aromatic rings. The molecule has 9 heteroatoms. The number of carbonyl (C=O) groups is 1. The molecule has 1 fully saturated rings. The first-order chi connectivity index (χ1) is 16.5. The first-order valence-electron chi connectivity index (χ1n) is 12.5. The molecular weight excluding hydrogens is 452 g/mol. The molecule has 1 saturated heterocycles. The van der Waals surface area contributed by atoms with E-state index >= 15 is 0 Å². The van der Waals surface area contributed by atoms with Crippen molar-refractivity contribution < 1.29 is 14.3 Å². The van der Waals surface area contributed by atoms with Gasteiger partial charge in [-0.3, -0.25) is 4.65 Å². The van der Waals surface area contributed by atoms with Crippen LogP contribution in [0.2, 0.25) is 0 Å². The lowest BCUT2D eigenvalue weighted by Gasteiger charge is -2.38. The summed E-state index contributed by atoms with van der Waals surface area (Å²) in [7, 11) is 0. The normalized spacial score (nSPS) is 20.5. The molecule has 1 aromatic carbocycles. The van der Waals surface area contributed by atoms with E-state index in [1.807, 2.05) is 24.3 Å². The van der Waals surface area contributed by atoms with Gasteiger partial charge >= 0.3 is 11.1 Å². The zero-order valence-electron chi connectivity index (χ0n) is 20.7. The smallest absolute Gasteiger partial charge is 0.348 e. The Hall–Kier alpha value is -2.07. The molecule has 0 bridgehead atoms. The highest BCUT2D eigenvalue weighted by molar-refractivity contribution is 7.15. The number of hydrogen-bond donors (Lipinski definition) is 0. The summed E-state index contributed by atoms with van der Waals surface area (Å²) in [5, 5.41) is 23.6. The van der Waals surface area contributed by atoms with E-state index in [0.29, 0.717) is 17.4 Å². The number of unbranched alkanes of at least 4 members (excludes halogenated alkanes) is 3. The van der Waals surface area contributed by atoms with Crippen LogP contribution in [-0.2, 0) is 22.4 Å². The van der Waals surface area contributed by atoms with Crippen LogP contribution in [0.15, 0.2) is 24.3 Å². The molecule has 3 rings (SSSR count). The molecule has 0 N–H and O–H groups in total. The van der Waals surface area contributed by atoms with Crippen molar-refractivity contribution in [3.8, 4) is 5.75 Å². The molecule has 0 radical (unpaired) electrons. The van der Waals surface area contributed by atoms with Gasteiger partial charge in [-0.15, -0.1) is 5.10 Å². The van der Waals surface area contributed by atoms with Crippen LogP contribution >= 0.6 is 11.3 Å². The van der Waals surface area contributed by atoms with Gasteiger partial charge in [-0.25, -0.2) is 9.69 Å². The largest absolute Gasteiger partial charge is 0.622 e. The van der Waals surface area contributed by atoms with Gasteiger partial charge in [-0.05, 0) is 48.6 Å². The maximum absolute atomic E-state index is 14.0. The van der Waals surface area contributed by atoms with Crippen LogP contribution in [0.25, 0.3) is 0 Å². The molecular formula is C25H38N4O4S. The molecule has 0 saturated carbocycles. The quantitative estimate of drug-likeness (QED) is 0.208. The van der Waals surface area contributed by atoms with Crippen molar-refractivity contribution in [2.24, 2.45) is 0 Å². The lowest BCUT2D eigenvalue weighted by atomic mass is 10.1. The van der Waals surface area contributed by atoms with Crippen LogP contribution in [-0.4, -0.2) is 53.7 Å². The van der Waals surface area contributed by atoms with E-state index in [9.17, 15) is 10.0 Å². The number of hydroxylamine groups is 2. The van der Waals surface area contributed by atoms with E-state index in [2.05, 4.69) is 35.9 Å². The lowest BCUT2D eigenvalue weighted by Crippen LogP contribution is -2.51. The Kier molecular flexibility index (Phi) is 10.2. The molecule has 2 unspecified atom stereocenters. The maximum atomic E-state index is 14.0. The molecule has 2 heterocycles. The Labute approximate surface area is 207 Å². The topological polar surface area (TPSA) is 87.6 Å². The molecule has 1 aliphatic heterocycles. The van der Waals surface area contributed by atoms with E-state index in [1.54, 1.807) is 0 Å². The zero-order chi connectivity index (χ0) is 24.4. The number of nitrogens with zero attached hydrogens (tertiary/aromatic N) is 4. The summed E-state index contributed by atoms with van der Waals surface area (Å²) < 4.78 is 10.7. The van der Waals surface area contributed by atoms with Crippen LogP contribution in [0.4, 0.5) is 5.13 Å². The number of rotatable bonds is 14. The zero-order valence-corrected chi connectivity index (χ0v) is 21.5. The van der Waals surface area contributed by atoms with E-state index in [-0.39, 0.29) is 13.3 Å². The highest BCUT2D eigenvalue weighted by atomic mass is 32.1. The third-order valence-corrected chi connectivity index (χ3v) is 7.12. The van der Waals surface area contributed by atoms with Crippen molar-refractivity contribution >= 4 is 22.4 Å². The summed E-state index contributed by atoms with van der Waals surface area (Å²) >= 11 is 1.33. The van der Waals surface area contributed by atoms with Crippen LogP contribution < -0.4 is 9.38 Å². The predicted octanol–water partition coefficient (Wildman–Crippen LogP) is 5.05. The second-order valence-electron chi connectivity index (χ2n) is 8.89. The Morgan fingerprint density at radius 3 is 2.62 bits per heavy atom. The van der Waals surface area contributed by atoms with Gasteiger partial charge in [0.15, 0.2) is 6.61 Å². The number of quaternary nitrogens is 1. The number of carbonyl (C=O) groups excluding carboxylic acids is 1. The van der Waals surface area contributed by atoms with Gasteiger partial charge in [0.05, 0.1) is 6.54 Å². The third kappa shape index (κ3) is 6.97. The minimum Gasteiger partial charge on any atom is -0.622 e. The van der Waals surface area contributed by atoms with Crippen molar-refractivity contribution in [1.29, 1.82) is 0 Å². The van der Waals surface area contributed by atoms with Crippen molar-refractivity contribution in [3.05, 3.63) is 40.0 Å². The number of esters is 1. The molecule has 2 atom stereocenters. The summed E-state index contributed by atoms with van der Waals surface area (Å²) in [6.07, 6.45) is 7.04. The number of benzene rings is 1. The summed E-state index contributed by atoms with van der Waals surface area (Å²) in [6.45, 7) is 7.53. The number of aromatic nitrogens is 2. The van der Waals surface area contributed by atoms with Crippen molar-refractivity contribution in [1.82, 2.24) is 19.7 Å². The van der Waals surface area contributed by atoms with E-state index in [4.69, 9.17) is 9.47 Å². The second kappa shape index (κ2) is 13.1. The number of para-hydroxylation sites is 1. The van der Waals surface area contributed by atoms with E-state index in [1.165, 1.54) is 11.3 Å². The standard InChI is InChI=1S/C25H38N4O4S/c1-4-7-12-20-13-10-11-14-21(20)32-18-24(30)33-23-17-28(16-9-6-3)19-29(23,31)25-27-26-22(34-25)15-8-5-2/h10-11,13-14,23H,4-9,12,15-19H2,1-3H3. The Balaban J connectivity index is 1.67. The maximum Gasteiger partial charge on any atom is 0.348 e.